The normalized spacial score (nSPS) is 17.0. The predicted molar refractivity (Wildman–Crippen MR) is 64.1 cm³/mol. The van der Waals surface area contributed by atoms with Gasteiger partial charge in [-0.3, -0.25) is 9.78 Å². The van der Waals surface area contributed by atoms with Gasteiger partial charge in [-0.2, -0.15) is 13.2 Å². The van der Waals surface area contributed by atoms with E-state index in [-0.39, 0.29) is 5.70 Å². The summed E-state index contributed by atoms with van der Waals surface area (Å²) in [5, 5.41) is 0. The number of pyridine rings is 1. The molecule has 0 spiro atoms. The van der Waals surface area contributed by atoms with E-state index in [0.717, 1.165) is 0 Å². The minimum Gasteiger partial charge on any atom is -0.316 e. The molecule has 0 saturated carbocycles. The van der Waals surface area contributed by atoms with Crippen LogP contribution in [-0.2, 0) is 4.79 Å². The summed E-state index contributed by atoms with van der Waals surface area (Å²) in [6.45, 7) is 0. The third kappa shape index (κ3) is 3.09. The molecule has 0 amide bonds. The summed E-state index contributed by atoms with van der Waals surface area (Å²) in [6, 6.07) is 3.34. The topological polar surface area (TPSA) is 33.2 Å². The molecule has 1 aliphatic heterocycles. The Morgan fingerprint density at radius 2 is 2.11 bits per heavy atom. The summed E-state index contributed by atoms with van der Waals surface area (Å²) < 4.78 is 36.8. The molecule has 0 radical (unpaired) electrons. The first kappa shape index (κ1) is 13.1. The van der Waals surface area contributed by atoms with Crippen molar-refractivity contribution < 1.29 is 18.0 Å². The fraction of sp³-hybridized carbons (Fsp3) is 0.0769. The maximum Gasteiger partial charge on any atom is 0.454 e. The molecule has 1 aromatic heterocycles. The van der Waals surface area contributed by atoms with Gasteiger partial charge in [0.2, 0.25) is 0 Å². The fourth-order valence-electron chi connectivity index (χ4n) is 1.52. The van der Waals surface area contributed by atoms with Crippen LogP contribution in [0, 0.1) is 0 Å². The van der Waals surface area contributed by atoms with Crippen LogP contribution in [0.3, 0.4) is 0 Å². The summed E-state index contributed by atoms with van der Waals surface area (Å²) in [4.78, 5) is 16.4. The van der Waals surface area contributed by atoms with E-state index in [9.17, 15) is 18.0 Å². The van der Waals surface area contributed by atoms with Gasteiger partial charge in [0.1, 0.15) is 0 Å². The highest BCUT2D eigenvalue weighted by atomic mass is 19.4. The summed E-state index contributed by atoms with van der Waals surface area (Å²) in [7, 11) is 0. The number of ketones is 1. The summed E-state index contributed by atoms with van der Waals surface area (Å²) >= 11 is 0. The van der Waals surface area contributed by atoms with E-state index in [0.29, 0.717) is 11.8 Å². The zero-order chi connectivity index (χ0) is 13.9. The Morgan fingerprint density at radius 3 is 2.74 bits per heavy atom. The van der Waals surface area contributed by atoms with Crippen molar-refractivity contribution in [3.05, 3.63) is 60.7 Å². The Morgan fingerprint density at radius 1 is 1.32 bits per heavy atom. The molecule has 1 aromatic rings. The lowest BCUT2D eigenvalue weighted by Gasteiger charge is -2.23. The van der Waals surface area contributed by atoms with Crippen molar-refractivity contribution in [1.29, 1.82) is 0 Å². The second-order valence-corrected chi connectivity index (χ2v) is 3.71. The predicted octanol–water partition coefficient (Wildman–Crippen LogP) is 2.99. The molecule has 0 N–H and O–H groups in total. The van der Waals surface area contributed by atoms with Crippen LogP contribution >= 0.6 is 0 Å². The number of hydrogen-bond donors (Lipinski definition) is 0. The minimum absolute atomic E-state index is 0.137. The first-order valence-electron chi connectivity index (χ1n) is 5.35. The van der Waals surface area contributed by atoms with Crippen LogP contribution in [0.1, 0.15) is 0 Å². The molecule has 0 fully saturated rings. The third-order valence-electron chi connectivity index (χ3n) is 2.37. The molecule has 0 bridgehead atoms. The average Bonchev–Trinajstić information content (AvgIpc) is 2.39. The van der Waals surface area contributed by atoms with E-state index in [2.05, 4.69) is 4.98 Å². The van der Waals surface area contributed by atoms with Gasteiger partial charge < -0.3 is 4.90 Å². The zero-order valence-corrected chi connectivity index (χ0v) is 9.63. The van der Waals surface area contributed by atoms with Gasteiger partial charge in [-0.15, -0.1) is 0 Å². The van der Waals surface area contributed by atoms with Gasteiger partial charge >= 0.3 is 6.18 Å². The SMILES string of the molecule is O=C(/C=C1\C=CC=CN1c1cccnc1)C(F)(F)F. The van der Waals surface area contributed by atoms with Crippen LogP contribution in [0.2, 0.25) is 0 Å². The molecule has 0 unspecified atom stereocenters. The van der Waals surface area contributed by atoms with Crippen molar-refractivity contribution in [2.45, 2.75) is 6.18 Å². The molecular weight excluding hydrogens is 257 g/mol. The molecule has 0 aromatic carbocycles. The van der Waals surface area contributed by atoms with E-state index in [1.165, 1.54) is 17.2 Å². The highest BCUT2D eigenvalue weighted by Crippen LogP contribution is 2.24. The highest BCUT2D eigenvalue weighted by molar-refractivity contribution is 5.96. The van der Waals surface area contributed by atoms with Crippen molar-refractivity contribution in [2.24, 2.45) is 0 Å². The van der Waals surface area contributed by atoms with E-state index in [1.54, 1.807) is 36.7 Å². The lowest BCUT2D eigenvalue weighted by molar-refractivity contribution is -0.165. The van der Waals surface area contributed by atoms with Gasteiger partial charge in [-0.25, -0.2) is 0 Å². The van der Waals surface area contributed by atoms with Crippen molar-refractivity contribution in [3.63, 3.8) is 0 Å². The Balaban J connectivity index is 2.33. The molecule has 3 nitrogen and oxygen atoms in total. The molecule has 0 atom stereocenters. The number of allylic oxidation sites excluding steroid dienone is 4. The van der Waals surface area contributed by atoms with Crippen molar-refractivity contribution in [3.8, 4) is 0 Å². The maximum atomic E-state index is 12.3. The zero-order valence-electron chi connectivity index (χ0n) is 9.63. The van der Waals surface area contributed by atoms with Gasteiger partial charge in [0.05, 0.1) is 11.9 Å². The standard InChI is InChI=1S/C13H9F3N2O/c14-13(15,16)12(19)8-10-4-1-2-7-18(10)11-5-3-6-17-9-11/h1-9H/b10-8+. The van der Waals surface area contributed by atoms with Gasteiger partial charge in [-0.1, -0.05) is 6.08 Å². The van der Waals surface area contributed by atoms with Crippen molar-refractivity contribution >= 4 is 11.5 Å². The molecule has 6 heteroatoms. The third-order valence-corrected chi connectivity index (χ3v) is 2.37. The number of carbonyl (C=O) groups excluding carboxylic acids is 1. The number of alkyl halides is 3. The van der Waals surface area contributed by atoms with Crippen LogP contribution in [-0.4, -0.2) is 16.9 Å². The van der Waals surface area contributed by atoms with Crippen LogP contribution in [0.4, 0.5) is 18.9 Å². The summed E-state index contributed by atoms with van der Waals surface area (Å²) in [5.41, 5.74) is 0.710. The molecule has 98 valence electrons. The first-order valence-corrected chi connectivity index (χ1v) is 5.35. The first-order chi connectivity index (χ1) is 8.98. The number of aromatic nitrogens is 1. The second kappa shape index (κ2) is 5.09. The Kier molecular flexibility index (Phi) is 3.50. The summed E-state index contributed by atoms with van der Waals surface area (Å²) in [5.74, 6) is -1.89. The summed E-state index contributed by atoms with van der Waals surface area (Å²) in [6.07, 6.45) is 4.94. The average molecular weight is 266 g/mol. The number of hydrogen-bond acceptors (Lipinski definition) is 3. The number of anilines is 1. The lowest BCUT2D eigenvalue weighted by atomic mass is 10.2. The quantitative estimate of drug-likeness (QED) is 0.771. The van der Waals surface area contributed by atoms with Gasteiger partial charge in [0.15, 0.2) is 0 Å². The van der Waals surface area contributed by atoms with E-state index in [1.807, 2.05) is 0 Å². The second-order valence-electron chi connectivity index (χ2n) is 3.71. The van der Waals surface area contributed by atoms with Gasteiger partial charge in [0.25, 0.3) is 5.78 Å². The number of halogens is 3. The van der Waals surface area contributed by atoms with E-state index < -0.39 is 12.0 Å². The van der Waals surface area contributed by atoms with Crippen LogP contribution in [0.5, 0.6) is 0 Å². The van der Waals surface area contributed by atoms with Crippen molar-refractivity contribution in [1.82, 2.24) is 4.98 Å². The van der Waals surface area contributed by atoms with E-state index in [4.69, 9.17) is 0 Å². The molecule has 19 heavy (non-hydrogen) atoms. The number of rotatable bonds is 2. The number of nitrogens with zero attached hydrogens (tertiary/aromatic N) is 2. The van der Waals surface area contributed by atoms with Crippen LogP contribution in [0.25, 0.3) is 0 Å². The maximum absolute atomic E-state index is 12.3. The molecule has 1 aliphatic rings. The highest BCUT2D eigenvalue weighted by Gasteiger charge is 2.37. The van der Waals surface area contributed by atoms with Gasteiger partial charge in [-0.05, 0) is 24.3 Å². The molecule has 2 rings (SSSR count). The number of carbonyl (C=O) groups is 1. The molecule has 2 heterocycles. The minimum atomic E-state index is -4.87. The molecule has 0 saturated heterocycles. The lowest BCUT2D eigenvalue weighted by Crippen LogP contribution is -2.24. The van der Waals surface area contributed by atoms with Crippen LogP contribution < -0.4 is 4.90 Å². The van der Waals surface area contributed by atoms with Crippen molar-refractivity contribution in [2.75, 3.05) is 4.90 Å². The Hall–Kier alpha value is -2.37. The Bertz CT molecular complexity index is 559. The van der Waals surface area contributed by atoms with Gasteiger partial charge in [0, 0.05) is 24.2 Å². The van der Waals surface area contributed by atoms with E-state index >= 15 is 0 Å². The van der Waals surface area contributed by atoms with Crippen LogP contribution in [0.15, 0.2) is 60.7 Å². The fourth-order valence-corrected chi connectivity index (χ4v) is 1.52. The molecule has 0 aliphatic carbocycles. The smallest absolute Gasteiger partial charge is 0.316 e. The monoisotopic (exact) mass is 266 g/mol. The largest absolute Gasteiger partial charge is 0.454 e. The molecular formula is C13H9F3N2O. The Labute approximate surface area is 107 Å².